The first kappa shape index (κ1) is 22.6. The fourth-order valence-electron chi connectivity index (χ4n) is 3.20. The maximum Gasteiger partial charge on any atom is 0.337 e. The number of benzene rings is 3. The molecule has 0 aliphatic carbocycles. The highest BCUT2D eigenvalue weighted by Gasteiger charge is 2.12. The molecule has 0 fully saturated rings. The van der Waals surface area contributed by atoms with Gasteiger partial charge >= 0.3 is 11.9 Å². The average Bonchev–Trinajstić information content (AvgIpc) is 2.86. The van der Waals surface area contributed by atoms with E-state index in [1.807, 2.05) is 42.5 Å². The van der Waals surface area contributed by atoms with Crippen molar-refractivity contribution in [1.82, 2.24) is 0 Å². The van der Waals surface area contributed by atoms with E-state index < -0.39 is 11.9 Å². The van der Waals surface area contributed by atoms with Crippen molar-refractivity contribution < 1.29 is 28.5 Å². The molecule has 0 amide bonds. The van der Waals surface area contributed by atoms with Crippen molar-refractivity contribution in [1.29, 1.82) is 0 Å². The maximum absolute atomic E-state index is 11.8. The van der Waals surface area contributed by atoms with E-state index in [0.717, 1.165) is 22.3 Å². The van der Waals surface area contributed by atoms with Gasteiger partial charge in [0.05, 0.1) is 39.6 Å². The zero-order chi connectivity index (χ0) is 23.1. The molecule has 0 atom stereocenters. The van der Waals surface area contributed by atoms with E-state index in [2.05, 4.69) is 0 Å². The van der Waals surface area contributed by atoms with Gasteiger partial charge in [0.25, 0.3) is 0 Å². The summed E-state index contributed by atoms with van der Waals surface area (Å²) in [5, 5.41) is 0. The minimum absolute atomic E-state index is 0.392. The van der Waals surface area contributed by atoms with Crippen LogP contribution in [0.25, 0.3) is 11.6 Å². The van der Waals surface area contributed by atoms with Crippen LogP contribution >= 0.6 is 0 Å². The summed E-state index contributed by atoms with van der Waals surface area (Å²) < 4.78 is 20.4. The number of hydrogen-bond acceptors (Lipinski definition) is 6. The fraction of sp³-hybridized carbons (Fsp3) is 0.154. The molecule has 0 spiro atoms. The molecule has 164 valence electrons. The number of ether oxygens (including phenoxy) is 4. The molecule has 0 N–H and O–H groups in total. The Morgan fingerprint density at radius 1 is 0.594 bits per heavy atom. The van der Waals surface area contributed by atoms with E-state index >= 15 is 0 Å². The molecule has 0 aromatic heterocycles. The van der Waals surface area contributed by atoms with Crippen molar-refractivity contribution in [2.24, 2.45) is 0 Å². The molecule has 32 heavy (non-hydrogen) atoms. The lowest BCUT2D eigenvalue weighted by Gasteiger charge is -2.13. The molecule has 0 saturated carbocycles. The summed E-state index contributed by atoms with van der Waals surface area (Å²) in [4.78, 5) is 23.6. The zero-order valence-electron chi connectivity index (χ0n) is 18.4. The molecule has 3 aromatic rings. The highest BCUT2D eigenvalue weighted by Crippen LogP contribution is 2.32. The SMILES string of the molecule is COC(=O)c1ccc(/C=C(\c2ccc(C(=O)OC)cc2)c2cc(OC)cc(OC)c2)cc1. The van der Waals surface area contributed by atoms with Gasteiger partial charge in [-0.2, -0.15) is 0 Å². The Kier molecular flexibility index (Phi) is 7.29. The molecular weight excluding hydrogens is 408 g/mol. The second kappa shape index (κ2) is 10.3. The summed E-state index contributed by atoms with van der Waals surface area (Å²) in [5.41, 5.74) is 4.43. The van der Waals surface area contributed by atoms with Crippen molar-refractivity contribution in [3.05, 3.63) is 94.5 Å². The quantitative estimate of drug-likeness (QED) is 0.392. The standard InChI is InChI=1S/C26H24O6/c1-29-22-14-21(15-23(16-22)30-2)24(18-9-11-20(12-10-18)26(28)32-4)13-17-5-7-19(8-6-17)25(27)31-3/h5-16H,1-4H3/b24-13+. The van der Waals surface area contributed by atoms with Crippen LogP contribution < -0.4 is 9.47 Å². The van der Waals surface area contributed by atoms with Crippen LogP contribution in [-0.4, -0.2) is 40.4 Å². The van der Waals surface area contributed by atoms with E-state index in [4.69, 9.17) is 18.9 Å². The Labute approximate surface area is 187 Å². The van der Waals surface area contributed by atoms with E-state index in [1.165, 1.54) is 14.2 Å². The summed E-state index contributed by atoms with van der Waals surface area (Å²) in [7, 11) is 5.89. The Morgan fingerprint density at radius 2 is 1.03 bits per heavy atom. The molecule has 0 aliphatic heterocycles. The van der Waals surface area contributed by atoms with E-state index in [9.17, 15) is 9.59 Å². The van der Waals surface area contributed by atoms with E-state index in [0.29, 0.717) is 22.6 Å². The molecular formula is C26H24O6. The fourth-order valence-corrected chi connectivity index (χ4v) is 3.20. The Bertz CT molecular complexity index is 1110. The van der Waals surface area contributed by atoms with Gasteiger partial charge in [-0.3, -0.25) is 0 Å². The lowest BCUT2D eigenvalue weighted by Crippen LogP contribution is -2.01. The van der Waals surface area contributed by atoms with Crippen LogP contribution in [-0.2, 0) is 9.47 Å². The highest BCUT2D eigenvalue weighted by atomic mass is 16.5. The first-order valence-corrected chi connectivity index (χ1v) is 9.81. The van der Waals surface area contributed by atoms with Gasteiger partial charge in [-0.05, 0) is 64.7 Å². The van der Waals surface area contributed by atoms with Crippen molar-refractivity contribution >= 4 is 23.6 Å². The normalized spacial score (nSPS) is 10.9. The molecule has 0 saturated heterocycles. The third-order valence-electron chi connectivity index (χ3n) is 4.92. The number of rotatable bonds is 7. The Hall–Kier alpha value is -4.06. The molecule has 0 bridgehead atoms. The largest absolute Gasteiger partial charge is 0.497 e. The van der Waals surface area contributed by atoms with Crippen molar-refractivity contribution in [3.8, 4) is 11.5 Å². The van der Waals surface area contributed by atoms with Crippen molar-refractivity contribution in [3.63, 3.8) is 0 Å². The second-order valence-electron chi connectivity index (χ2n) is 6.84. The molecule has 6 heteroatoms. The van der Waals surface area contributed by atoms with Gasteiger partial charge in [0.1, 0.15) is 11.5 Å². The summed E-state index contributed by atoms with van der Waals surface area (Å²) >= 11 is 0. The summed E-state index contributed by atoms with van der Waals surface area (Å²) in [6.45, 7) is 0. The Balaban J connectivity index is 2.12. The highest BCUT2D eigenvalue weighted by molar-refractivity contribution is 5.95. The van der Waals surface area contributed by atoms with Crippen LogP contribution in [0.3, 0.4) is 0 Å². The van der Waals surface area contributed by atoms with Crippen LogP contribution in [0.1, 0.15) is 37.4 Å². The zero-order valence-corrected chi connectivity index (χ0v) is 18.4. The van der Waals surface area contributed by atoms with Gasteiger partial charge in [0.15, 0.2) is 0 Å². The summed E-state index contributed by atoms with van der Waals surface area (Å²) in [6, 6.07) is 19.9. The van der Waals surface area contributed by atoms with Crippen molar-refractivity contribution in [2.45, 2.75) is 0 Å². The minimum atomic E-state index is -0.400. The summed E-state index contributed by atoms with van der Waals surface area (Å²) in [5.74, 6) is 0.509. The van der Waals surface area contributed by atoms with Crippen LogP contribution in [0, 0.1) is 0 Å². The van der Waals surface area contributed by atoms with E-state index in [1.54, 1.807) is 44.6 Å². The molecule has 0 aliphatic rings. The van der Waals surface area contributed by atoms with Crippen LogP contribution in [0.2, 0.25) is 0 Å². The van der Waals surface area contributed by atoms with Gasteiger partial charge in [0.2, 0.25) is 0 Å². The molecule has 3 aromatic carbocycles. The van der Waals surface area contributed by atoms with Crippen LogP contribution in [0.5, 0.6) is 11.5 Å². The monoisotopic (exact) mass is 432 g/mol. The molecule has 0 heterocycles. The second-order valence-corrected chi connectivity index (χ2v) is 6.84. The van der Waals surface area contributed by atoms with Crippen molar-refractivity contribution in [2.75, 3.05) is 28.4 Å². The molecule has 3 rings (SSSR count). The smallest absolute Gasteiger partial charge is 0.337 e. The van der Waals surface area contributed by atoms with Crippen LogP contribution in [0.4, 0.5) is 0 Å². The van der Waals surface area contributed by atoms with Gasteiger partial charge in [-0.25, -0.2) is 9.59 Å². The lowest BCUT2D eigenvalue weighted by molar-refractivity contribution is 0.0592. The number of hydrogen-bond donors (Lipinski definition) is 0. The first-order chi connectivity index (χ1) is 15.5. The predicted octanol–water partition coefficient (Wildman–Crippen LogP) is 4.87. The third-order valence-corrected chi connectivity index (χ3v) is 4.92. The Morgan fingerprint density at radius 3 is 1.47 bits per heavy atom. The topological polar surface area (TPSA) is 71.1 Å². The lowest BCUT2D eigenvalue weighted by atomic mass is 9.94. The third kappa shape index (κ3) is 5.16. The van der Waals surface area contributed by atoms with E-state index in [-0.39, 0.29) is 0 Å². The summed E-state index contributed by atoms with van der Waals surface area (Å²) in [6.07, 6.45) is 1.99. The molecule has 0 unspecified atom stereocenters. The number of esters is 2. The predicted molar refractivity (Wildman–Crippen MR) is 122 cm³/mol. The van der Waals surface area contributed by atoms with Gasteiger partial charge in [-0.15, -0.1) is 0 Å². The minimum Gasteiger partial charge on any atom is -0.497 e. The van der Waals surface area contributed by atoms with Gasteiger partial charge < -0.3 is 18.9 Å². The van der Waals surface area contributed by atoms with Crippen LogP contribution in [0.15, 0.2) is 66.7 Å². The maximum atomic E-state index is 11.8. The first-order valence-electron chi connectivity index (χ1n) is 9.81. The number of methoxy groups -OCH3 is 4. The number of carbonyl (C=O) groups is 2. The van der Waals surface area contributed by atoms with Gasteiger partial charge in [0, 0.05) is 6.07 Å². The molecule has 6 nitrogen and oxygen atoms in total. The molecule has 0 radical (unpaired) electrons. The van der Waals surface area contributed by atoms with Gasteiger partial charge in [-0.1, -0.05) is 24.3 Å². The average molecular weight is 432 g/mol. The number of carbonyl (C=O) groups excluding carboxylic acids is 2.